The first kappa shape index (κ1) is 21.5. The van der Waals surface area contributed by atoms with E-state index in [-0.39, 0.29) is 18.0 Å². The molecule has 2 aromatic heterocycles. The maximum absolute atomic E-state index is 13.5. The number of carbonyl (C=O) groups excluding carboxylic acids is 1. The first-order valence-electron chi connectivity index (χ1n) is 9.73. The molecule has 0 fully saturated rings. The lowest BCUT2D eigenvalue weighted by atomic mass is 9.93. The average molecular weight is 462 g/mol. The topological polar surface area (TPSA) is 88.4 Å². The van der Waals surface area contributed by atoms with Gasteiger partial charge in [-0.05, 0) is 44.9 Å². The molecule has 1 aliphatic heterocycles. The fraction of sp³-hybridized carbons (Fsp3) is 0.318. The first-order valence-corrected chi connectivity index (χ1v) is 10.5. The first-order chi connectivity index (χ1) is 14.7. The summed E-state index contributed by atoms with van der Waals surface area (Å²) in [6.45, 7) is 5.86. The van der Waals surface area contributed by atoms with Crippen LogP contribution in [0.25, 0.3) is 11.1 Å². The number of carbonyl (C=O) groups is 1. The monoisotopic (exact) mass is 461 g/mol. The van der Waals surface area contributed by atoms with Crippen LogP contribution >= 0.6 is 23.2 Å². The Kier molecular flexibility index (Phi) is 5.58. The second kappa shape index (κ2) is 8.05. The van der Waals surface area contributed by atoms with E-state index in [0.717, 1.165) is 5.56 Å². The van der Waals surface area contributed by atoms with Gasteiger partial charge in [0, 0.05) is 28.4 Å². The van der Waals surface area contributed by atoms with E-state index in [1.54, 1.807) is 37.8 Å². The number of hydrogen-bond donors (Lipinski definition) is 1. The van der Waals surface area contributed by atoms with Crippen LogP contribution in [0.3, 0.4) is 0 Å². The highest BCUT2D eigenvalue weighted by molar-refractivity contribution is 6.39. The van der Waals surface area contributed by atoms with Crippen molar-refractivity contribution in [1.29, 1.82) is 0 Å². The fourth-order valence-electron chi connectivity index (χ4n) is 4.05. The van der Waals surface area contributed by atoms with E-state index >= 15 is 0 Å². The number of fused-ring (bicyclic) bond motifs is 1. The van der Waals surface area contributed by atoms with Crippen LogP contribution in [0.4, 0.5) is 0 Å². The standard InChI is InChI=1S/C22H21Cl2N3O4/c1-10-7-17(30-4)15(21(28)25-10)9-27-6-5-13-16(23)8-14(20(24)19(13)22(27)29)18-11(2)26-31-12(18)3/h7-8H,5-6,9H2,1-4H3,(H,25,28). The van der Waals surface area contributed by atoms with Crippen LogP contribution in [-0.2, 0) is 13.0 Å². The number of H-pyrrole nitrogens is 1. The second-order valence-electron chi connectivity index (χ2n) is 7.58. The van der Waals surface area contributed by atoms with E-state index in [9.17, 15) is 9.59 Å². The summed E-state index contributed by atoms with van der Waals surface area (Å²) in [7, 11) is 1.50. The number of aryl methyl sites for hydroxylation is 3. The van der Waals surface area contributed by atoms with Gasteiger partial charge in [-0.15, -0.1) is 0 Å². The molecule has 0 saturated carbocycles. The maximum atomic E-state index is 13.5. The third-order valence-electron chi connectivity index (χ3n) is 5.55. The van der Waals surface area contributed by atoms with E-state index in [2.05, 4.69) is 10.1 Å². The van der Waals surface area contributed by atoms with E-state index in [4.69, 9.17) is 32.5 Å². The van der Waals surface area contributed by atoms with Crippen molar-refractivity contribution in [2.75, 3.05) is 13.7 Å². The smallest absolute Gasteiger partial charge is 0.256 e. The number of pyridine rings is 1. The number of nitrogens with zero attached hydrogens (tertiary/aromatic N) is 2. The minimum Gasteiger partial charge on any atom is -0.496 e. The zero-order valence-electron chi connectivity index (χ0n) is 17.6. The SMILES string of the molecule is COc1cc(C)[nH]c(=O)c1CN1CCc2c(Cl)cc(-c3c(C)noc3C)c(Cl)c2C1=O. The summed E-state index contributed by atoms with van der Waals surface area (Å²) in [5.74, 6) is 0.740. The largest absolute Gasteiger partial charge is 0.496 e. The molecule has 3 aromatic rings. The van der Waals surface area contributed by atoms with Gasteiger partial charge < -0.3 is 19.1 Å². The Bertz CT molecular complexity index is 1240. The highest BCUT2D eigenvalue weighted by Crippen LogP contribution is 2.41. The summed E-state index contributed by atoms with van der Waals surface area (Å²) < 4.78 is 10.6. The Morgan fingerprint density at radius 3 is 2.58 bits per heavy atom. The van der Waals surface area contributed by atoms with E-state index in [1.807, 2.05) is 0 Å². The predicted octanol–water partition coefficient (Wildman–Crippen LogP) is 4.47. The van der Waals surface area contributed by atoms with Gasteiger partial charge in [0.2, 0.25) is 0 Å². The highest BCUT2D eigenvalue weighted by Gasteiger charge is 2.32. The van der Waals surface area contributed by atoms with E-state index < -0.39 is 0 Å². The Morgan fingerprint density at radius 2 is 1.94 bits per heavy atom. The van der Waals surface area contributed by atoms with Crippen molar-refractivity contribution in [3.63, 3.8) is 0 Å². The lowest BCUT2D eigenvalue weighted by molar-refractivity contribution is 0.0725. The van der Waals surface area contributed by atoms with Gasteiger partial charge in [-0.25, -0.2) is 0 Å². The van der Waals surface area contributed by atoms with Gasteiger partial charge in [0.05, 0.1) is 35.5 Å². The molecule has 9 heteroatoms. The average Bonchev–Trinajstić information content (AvgIpc) is 3.05. The maximum Gasteiger partial charge on any atom is 0.256 e. The summed E-state index contributed by atoms with van der Waals surface area (Å²) in [6.07, 6.45) is 0.521. The van der Waals surface area contributed by atoms with Gasteiger partial charge in [-0.3, -0.25) is 9.59 Å². The number of benzene rings is 1. The van der Waals surface area contributed by atoms with Gasteiger partial charge in [-0.1, -0.05) is 28.4 Å². The van der Waals surface area contributed by atoms with Crippen LogP contribution in [0.15, 0.2) is 21.5 Å². The van der Waals surface area contributed by atoms with Gasteiger partial charge in [0.25, 0.3) is 11.5 Å². The number of hydrogen-bond acceptors (Lipinski definition) is 5. The molecule has 31 heavy (non-hydrogen) atoms. The number of halogens is 2. The molecule has 0 radical (unpaired) electrons. The van der Waals surface area contributed by atoms with Crippen LogP contribution < -0.4 is 10.3 Å². The quantitative estimate of drug-likeness (QED) is 0.618. The van der Waals surface area contributed by atoms with Crippen molar-refractivity contribution in [3.05, 3.63) is 66.4 Å². The molecule has 0 atom stereocenters. The Hall–Kier alpha value is -2.77. The summed E-state index contributed by atoms with van der Waals surface area (Å²) in [4.78, 5) is 30.3. The van der Waals surface area contributed by atoms with Crippen molar-refractivity contribution < 1.29 is 14.1 Å². The molecule has 0 spiro atoms. The summed E-state index contributed by atoms with van der Waals surface area (Å²) >= 11 is 13.3. The number of nitrogens with one attached hydrogen (secondary N) is 1. The molecule has 0 aliphatic carbocycles. The lowest BCUT2D eigenvalue weighted by Gasteiger charge is -2.30. The van der Waals surface area contributed by atoms with Crippen LogP contribution in [0.1, 0.15) is 38.6 Å². The molecule has 1 N–H and O–H groups in total. The number of aromatic amines is 1. The van der Waals surface area contributed by atoms with Crippen molar-refractivity contribution in [2.45, 2.75) is 33.7 Å². The zero-order valence-corrected chi connectivity index (χ0v) is 19.1. The number of ether oxygens (including phenoxy) is 1. The molecular formula is C22H21Cl2N3O4. The molecule has 4 rings (SSSR count). The normalized spacial score (nSPS) is 13.5. The van der Waals surface area contributed by atoms with E-state index in [1.165, 1.54) is 7.11 Å². The Morgan fingerprint density at radius 1 is 1.19 bits per heavy atom. The van der Waals surface area contributed by atoms with Crippen molar-refractivity contribution in [1.82, 2.24) is 15.0 Å². The predicted molar refractivity (Wildman–Crippen MR) is 118 cm³/mol. The number of aromatic nitrogens is 2. The molecule has 3 heterocycles. The summed E-state index contributed by atoms with van der Waals surface area (Å²) in [5, 5.41) is 4.74. The highest BCUT2D eigenvalue weighted by atomic mass is 35.5. The molecule has 0 unspecified atom stereocenters. The number of amides is 1. The third-order valence-corrected chi connectivity index (χ3v) is 6.28. The van der Waals surface area contributed by atoms with Crippen LogP contribution in [0.2, 0.25) is 10.0 Å². The minimum absolute atomic E-state index is 0.0978. The number of rotatable bonds is 4. The minimum atomic E-state index is -0.288. The zero-order chi connectivity index (χ0) is 22.4. The molecule has 1 aliphatic rings. The molecule has 1 amide bonds. The van der Waals surface area contributed by atoms with Gasteiger partial charge in [0.15, 0.2) is 0 Å². The van der Waals surface area contributed by atoms with Gasteiger partial charge >= 0.3 is 0 Å². The van der Waals surface area contributed by atoms with Crippen LogP contribution in [0, 0.1) is 20.8 Å². The Labute approximate surface area is 188 Å². The van der Waals surface area contributed by atoms with E-state index in [0.29, 0.717) is 68.2 Å². The molecule has 1 aromatic carbocycles. The molecule has 0 saturated heterocycles. The summed E-state index contributed by atoms with van der Waals surface area (Å²) in [6, 6.07) is 3.49. The molecule has 0 bridgehead atoms. The van der Waals surface area contributed by atoms with Gasteiger partial charge in [0.1, 0.15) is 11.5 Å². The lowest BCUT2D eigenvalue weighted by Crippen LogP contribution is -2.39. The van der Waals surface area contributed by atoms with Crippen LogP contribution in [-0.4, -0.2) is 34.6 Å². The molecule has 7 nitrogen and oxygen atoms in total. The van der Waals surface area contributed by atoms with Crippen molar-refractivity contribution in [3.8, 4) is 16.9 Å². The van der Waals surface area contributed by atoms with Gasteiger partial charge in [-0.2, -0.15) is 0 Å². The third kappa shape index (κ3) is 3.62. The number of methoxy groups -OCH3 is 1. The Balaban J connectivity index is 1.79. The van der Waals surface area contributed by atoms with Crippen molar-refractivity contribution in [2.24, 2.45) is 0 Å². The van der Waals surface area contributed by atoms with Crippen LogP contribution in [0.5, 0.6) is 5.75 Å². The fourth-order valence-corrected chi connectivity index (χ4v) is 4.69. The molecule has 162 valence electrons. The molecular weight excluding hydrogens is 441 g/mol. The second-order valence-corrected chi connectivity index (χ2v) is 8.36. The van der Waals surface area contributed by atoms with Crippen molar-refractivity contribution >= 4 is 29.1 Å². The summed E-state index contributed by atoms with van der Waals surface area (Å²) in [5.41, 5.74) is 3.80.